The molecule has 1 aromatic heterocycles. The molecule has 1 aromatic rings. The van der Waals surface area contributed by atoms with E-state index in [4.69, 9.17) is 9.72 Å². The van der Waals surface area contributed by atoms with Gasteiger partial charge in [0.05, 0.1) is 17.8 Å². The van der Waals surface area contributed by atoms with Crippen LogP contribution in [0.5, 0.6) is 0 Å². The molecule has 4 aliphatic rings. The molecule has 0 unspecified atom stereocenters. The van der Waals surface area contributed by atoms with E-state index in [1.54, 1.807) is 0 Å². The van der Waals surface area contributed by atoms with Gasteiger partial charge in [-0.25, -0.2) is 4.98 Å². The molecule has 4 heterocycles. The summed E-state index contributed by atoms with van der Waals surface area (Å²) in [5, 5.41) is 0. The number of aromatic amines is 1. The van der Waals surface area contributed by atoms with E-state index in [0.717, 1.165) is 89.2 Å². The SMILES string of the molecule is O=C(C1CCCC1)N1CCc2nc(C3CCN(C4CCOCC4)CC3)[nH]c(=O)c2C1. The van der Waals surface area contributed by atoms with Gasteiger partial charge in [0, 0.05) is 44.1 Å². The van der Waals surface area contributed by atoms with Crippen molar-refractivity contribution in [3.05, 3.63) is 27.4 Å². The number of rotatable bonds is 3. The Kier molecular flexibility index (Phi) is 5.92. The van der Waals surface area contributed by atoms with Crippen LogP contribution in [0, 0.1) is 5.92 Å². The first-order valence-electron chi connectivity index (χ1n) is 11.9. The van der Waals surface area contributed by atoms with Gasteiger partial charge in [0.2, 0.25) is 5.91 Å². The van der Waals surface area contributed by atoms with Crippen molar-refractivity contribution < 1.29 is 9.53 Å². The molecule has 3 aliphatic heterocycles. The molecule has 1 N–H and O–H groups in total. The lowest BCUT2D eigenvalue weighted by molar-refractivity contribution is -0.136. The minimum Gasteiger partial charge on any atom is -0.381 e. The van der Waals surface area contributed by atoms with Crippen molar-refractivity contribution in [3.63, 3.8) is 0 Å². The molecule has 3 fully saturated rings. The Bertz CT molecular complexity index is 818. The highest BCUT2D eigenvalue weighted by Gasteiger charge is 2.32. The Balaban J connectivity index is 1.24. The number of likely N-dealkylation sites (tertiary alicyclic amines) is 1. The third-order valence-electron chi connectivity index (χ3n) is 7.73. The highest BCUT2D eigenvalue weighted by molar-refractivity contribution is 5.79. The standard InChI is InChI=1S/C23H34N4O3/c28-22-19-15-27(23(29)17-3-1-2-4-17)12-7-20(19)24-21(25-22)16-5-10-26(11-6-16)18-8-13-30-14-9-18/h16-18H,1-15H2,(H,24,25,28). The second-order valence-electron chi connectivity index (χ2n) is 9.52. The number of amides is 1. The fourth-order valence-corrected chi connectivity index (χ4v) is 5.85. The van der Waals surface area contributed by atoms with E-state index in [9.17, 15) is 9.59 Å². The van der Waals surface area contributed by atoms with E-state index >= 15 is 0 Å². The fourth-order valence-electron chi connectivity index (χ4n) is 5.85. The van der Waals surface area contributed by atoms with Crippen molar-refractivity contribution in [1.82, 2.24) is 19.8 Å². The first-order chi connectivity index (χ1) is 14.7. The van der Waals surface area contributed by atoms with Gasteiger partial charge in [-0.2, -0.15) is 0 Å². The van der Waals surface area contributed by atoms with Crippen LogP contribution in [0.15, 0.2) is 4.79 Å². The van der Waals surface area contributed by atoms with Gasteiger partial charge >= 0.3 is 0 Å². The van der Waals surface area contributed by atoms with Crippen molar-refractivity contribution in [2.45, 2.75) is 76.3 Å². The lowest BCUT2D eigenvalue weighted by atomic mass is 9.93. The zero-order valence-corrected chi connectivity index (χ0v) is 17.9. The Morgan fingerprint density at radius 1 is 1.00 bits per heavy atom. The average molecular weight is 415 g/mol. The summed E-state index contributed by atoms with van der Waals surface area (Å²) in [6, 6.07) is 0.652. The van der Waals surface area contributed by atoms with Crippen LogP contribution in [-0.4, -0.2) is 64.6 Å². The highest BCUT2D eigenvalue weighted by Crippen LogP contribution is 2.30. The number of aromatic nitrogens is 2. The van der Waals surface area contributed by atoms with E-state index in [1.165, 1.54) is 0 Å². The van der Waals surface area contributed by atoms with Gasteiger partial charge in [-0.15, -0.1) is 0 Å². The maximum Gasteiger partial charge on any atom is 0.256 e. The van der Waals surface area contributed by atoms with Gasteiger partial charge in [-0.1, -0.05) is 12.8 Å². The molecule has 30 heavy (non-hydrogen) atoms. The van der Waals surface area contributed by atoms with Gasteiger partial charge in [0.25, 0.3) is 5.56 Å². The van der Waals surface area contributed by atoms with Gasteiger partial charge in [0.1, 0.15) is 5.82 Å². The van der Waals surface area contributed by atoms with Gasteiger partial charge in [-0.3, -0.25) is 9.59 Å². The largest absolute Gasteiger partial charge is 0.381 e. The Morgan fingerprint density at radius 2 is 1.73 bits per heavy atom. The van der Waals surface area contributed by atoms with Gasteiger partial charge in [-0.05, 0) is 51.6 Å². The minimum absolute atomic E-state index is 0.0363. The molecule has 0 aromatic carbocycles. The third kappa shape index (κ3) is 4.06. The first kappa shape index (κ1) is 20.2. The third-order valence-corrected chi connectivity index (χ3v) is 7.73. The van der Waals surface area contributed by atoms with E-state index < -0.39 is 0 Å². The number of ether oxygens (including phenoxy) is 1. The lowest BCUT2D eigenvalue weighted by Crippen LogP contribution is -2.44. The van der Waals surface area contributed by atoms with Crippen molar-refractivity contribution in [2.24, 2.45) is 5.92 Å². The molecule has 7 nitrogen and oxygen atoms in total. The van der Waals surface area contributed by atoms with Crippen molar-refractivity contribution in [1.29, 1.82) is 0 Å². The summed E-state index contributed by atoms with van der Waals surface area (Å²) in [5.41, 5.74) is 1.58. The Labute approximate surface area is 178 Å². The average Bonchev–Trinajstić information content (AvgIpc) is 3.34. The molecule has 7 heteroatoms. The molecule has 1 aliphatic carbocycles. The second kappa shape index (κ2) is 8.79. The van der Waals surface area contributed by atoms with E-state index in [-0.39, 0.29) is 17.4 Å². The molecular formula is C23H34N4O3. The number of H-pyrrole nitrogens is 1. The molecule has 1 amide bonds. The monoisotopic (exact) mass is 414 g/mol. The molecular weight excluding hydrogens is 380 g/mol. The lowest BCUT2D eigenvalue weighted by Gasteiger charge is -2.39. The van der Waals surface area contributed by atoms with Crippen LogP contribution < -0.4 is 5.56 Å². The van der Waals surface area contributed by atoms with Crippen LogP contribution in [0.3, 0.4) is 0 Å². The quantitative estimate of drug-likeness (QED) is 0.820. The van der Waals surface area contributed by atoms with Crippen LogP contribution in [0.4, 0.5) is 0 Å². The number of hydrogen-bond donors (Lipinski definition) is 1. The van der Waals surface area contributed by atoms with Crippen LogP contribution in [0.2, 0.25) is 0 Å². The maximum atomic E-state index is 12.9. The zero-order chi connectivity index (χ0) is 20.5. The van der Waals surface area contributed by atoms with Crippen LogP contribution in [0.1, 0.15) is 74.4 Å². The molecule has 5 rings (SSSR count). The molecule has 0 atom stereocenters. The normalized spacial score (nSPS) is 24.9. The zero-order valence-electron chi connectivity index (χ0n) is 17.9. The summed E-state index contributed by atoms with van der Waals surface area (Å²) < 4.78 is 5.50. The summed E-state index contributed by atoms with van der Waals surface area (Å²) in [5.74, 6) is 1.60. The molecule has 1 saturated carbocycles. The molecule has 0 radical (unpaired) electrons. The van der Waals surface area contributed by atoms with Crippen molar-refractivity contribution >= 4 is 5.91 Å². The van der Waals surface area contributed by atoms with Crippen LogP contribution in [-0.2, 0) is 22.5 Å². The van der Waals surface area contributed by atoms with Crippen LogP contribution >= 0.6 is 0 Å². The Hall–Kier alpha value is -1.73. The van der Waals surface area contributed by atoms with Gasteiger partial charge < -0.3 is 19.5 Å². The summed E-state index contributed by atoms with van der Waals surface area (Å²) in [6.45, 7) is 5.02. The predicted molar refractivity (Wildman–Crippen MR) is 113 cm³/mol. The summed E-state index contributed by atoms with van der Waals surface area (Å²) in [6.07, 6.45) is 9.37. The summed E-state index contributed by atoms with van der Waals surface area (Å²) in [7, 11) is 0. The summed E-state index contributed by atoms with van der Waals surface area (Å²) in [4.78, 5) is 38.1. The fraction of sp³-hybridized carbons (Fsp3) is 0.783. The Morgan fingerprint density at radius 3 is 2.47 bits per heavy atom. The smallest absolute Gasteiger partial charge is 0.256 e. The highest BCUT2D eigenvalue weighted by atomic mass is 16.5. The number of fused-ring (bicyclic) bond motifs is 1. The predicted octanol–water partition coefficient (Wildman–Crippen LogP) is 2.20. The molecule has 164 valence electrons. The maximum absolute atomic E-state index is 12.9. The minimum atomic E-state index is -0.0363. The topological polar surface area (TPSA) is 78.5 Å². The summed E-state index contributed by atoms with van der Waals surface area (Å²) >= 11 is 0. The van der Waals surface area contributed by atoms with E-state index in [2.05, 4.69) is 9.88 Å². The number of piperidine rings is 1. The number of carbonyl (C=O) groups excluding carboxylic acids is 1. The number of hydrogen-bond acceptors (Lipinski definition) is 5. The first-order valence-corrected chi connectivity index (χ1v) is 11.9. The van der Waals surface area contributed by atoms with Gasteiger partial charge in [0.15, 0.2) is 0 Å². The van der Waals surface area contributed by atoms with E-state index in [0.29, 0.717) is 37.0 Å². The molecule has 0 spiro atoms. The number of nitrogens with one attached hydrogen (secondary N) is 1. The number of nitrogens with zero attached hydrogens (tertiary/aromatic N) is 3. The molecule has 2 saturated heterocycles. The van der Waals surface area contributed by atoms with Crippen molar-refractivity contribution in [3.8, 4) is 0 Å². The number of carbonyl (C=O) groups is 1. The van der Waals surface area contributed by atoms with Crippen molar-refractivity contribution in [2.75, 3.05) is 32.8 Å². The molecule has 0 bridgehead atoms. The second-order valence-corrected chi connectivity index (χ2v) is 9.52. The van der Waals surface area contributed by atoms with E-state index in [1.807, 2.05) is 4.90 Å². The van der Waals surface area contributed by atoms with Crippen LogP contribution in [0.25, 0.3) is 0 Å².